The molecule has 0 saturated carbocycles. The van der Waals surface area contributed by atoms with Crippen molar-refractivity contribution in [2.24, 2.45) is 0 Å². The van der Waals surface area contributed by atoms with Crippen LogP contribution in [0.3, 0.4) is 0 Å². The molecule has 8 nitrogen and oxygen atoms in total. The van der Waals surface area contributed by atoms with E-state index in [0.717, 1.165) is 28.7 Å². The number of halogens is 7. The fourth-order valence-electron chi connectivity index (χ4n) is 5.83. The minimum atomic E-state index is -5.50. The van der Waals surface area contributed by atoms with Crippen molar-refractivity contribution in [3.63, 3.8) is 0 Å². The van der Waals surface area contributed by atoms with Gasteiger partial charge in [0.25, 0.3) is 6.43 Å². The predicted molar refractivity (Wildman–Crippen MR) is 252 cm³/mol. The minimum absolute atomic E-state index is 0.00145. The Bertz CT molecular complexity index is 2290. The summed E-state index contributed by atoms with van der Waals surface area (Å²) >= 11 is 0. The number of hydrogen-bond donors (Lipinski definition) is 0. The molecule has 0 aliphatic heterocycles. The zero-order valence-corrected chi connectivity index (χ0v) is 39.6. The topological polar surface area (TPSA) is 105 Å². The Hall–Kier alpha value is -6.87. The first-order valence-corrected chi connectivity index (χ1v) is 20.7. The lowest BCUT2D eigenvalue weighted by atomic mass is 9.74. The first-order valence-electron chi connectivity index (χ1n) is 20.7. The van der Waals surface area contributed by atoms with E-state index in [1.807, 2.05) is 48.5 Å². The van der Waals surface area contributed by atoms with Crippen LogP contribution in [-0.4, -0.2) is 71.1 Å². The normalized spacial score (nSPS) is 10.4. The summed E-state index contributed by atoms with van der Waals surface area (Å²) in [4.78, 5) is 44.7. The Morgan fingerprint density at radius 2 is 0.735 bits per heavy atom. The zero-order valence-electron chi connectivity index (χ0n) is 39.6. The van der Waals surface area contributed by atoms with Gasteiger partial charge in [-0.15, -0.1) is 17.6 Å². The zero-order chi connectivity index (χ0) is 51.6. The van der Waals surface area contributed by atoms with Crippen LogP contribution in [0, 0.1) is 0 Å². The second-order valence-electron chi connectivity index (χ2n) is 14.7. The predicted octanol–water partition coefficient (Wildman–Crippen LogP) is 14.5. The maximum absolute atomic E-state index is 11.2. The average Bonchev–Trinajstić information content (AvgIpc) is 3.31. The molecule has 0 atom stereocenters. The number of alkyl halides is 7. The van der Waals surface area contributed by atoms with Gasteiger partial charge in [0.05, 0.1) is 14.2 Å². The van der Waals surface area contributed by atoms with Crippen LogP contribution in [0.4, 0.5) is 30.7 Å². The van der Waals surface area contributed by atoms with Crippen molar-refractivity contribution in [2.75, 3.05) is 35.1 Å². The van der Waals surface area contributed by atoms with Crippen LogP contribution >= 0.6 is 0 Å². The van der Waals surface area contributed by atoms with Crippen LogP contribution < -0.4 is 14.2 Å². The van der Waals surface area contributed by atoms with Gasteiger partial charge in [-0.1, -0.05) is 62.4 Å². The number of ketones is 4. The average molecular weight is 955 g/mol. The van der Waals surface area contributed by atoms with Gasteiger partial charge < -0.3 is 18.9 Å². The van der Waals surface area contributed by atoms with Gasteiger partial charge >= 0.3 is 6.43 Å². The highest BCUT2D eigenvalue weighted by Crippen LogP contribution is 2.36. The fraction of sp³-hybridized carbons (Fsp3) is 0.283. The van der Waals surface area contributed by atoms with E-state index >= 15 is 0 Å². The Kier molecular flexibility index (Phi) is 25.8. The van der Waals surface area contributed by atoms with E-state index in [-0.39, 0.29) is 28.5 Å². The Labute approximate surface area is 393 Å². The highest BCUT2D eigenvalue weighted by molar-refractivity contribution is 6.01. The van der Waals surface area contributed by atoms with Crippen LogP contribution in [0.25, 0.3) is 10.8 Å². The maximum Gasteiger partial charge on any atom is 0.559 e. The Balaban J connectivity index is 0.000000452. The van der Waals surface area contributed by atoms with E-state index in [1.54, 1.807) is 103 Å². The molecular formula is C53H57F7O8. The van der Waals surface area contributed by atoms with Gasteiger partial charge in [-0.05, 0) is 141 Å². The van der Waals surface area contributed by atoms with Crippen molar-refractivity contribution < 1.29 is 68.9 Å². The summed E-state index contributed by atoms with van der Waals surface area (Å²) in [6.07, 6.45) is -7.25. The van der Waals surface area contributed by atoms with Crippen LogP contribution in [0.2, 0.25) is 0 Å². The molecule has 0 radical (unpaired) electrons. The van der Waals surface area contributed by atoms with E-state index in [1.165, 1.54) is 25.0 Å². The highest BCUT2D eigenvalue weighted by Gasteiger charge is 2.27. The molecule has 6 aromatic rings. The number of fused-ring (bicyclic) bond motifs is 1. The lowest BCUT2D eigenvalue weighted by Gasteiger charge is -2.30. The minimum Gasteiger partial charge on any atom is -0.497 e. The molecule has 15 heteroatoms. The number of ether oxygens (including phenoxy) is 4. The van der Waals surface area contributed by atoms with E-state index in [0.29, 0.717) is 33.8 Å². The quantitative estimate of drug-likeness (QED) is 0.0882. The second kappa shape index (κ2) is 29.7. The van der Waals surface area contributed by atoms with Gasteiger partial charge in [0, 0.05) is 41.9 Å². The number of rotatable bonds is 12. The summed E-state index contributed by atoms with van der Waals surface area (Å²) in [6.45, 7) is 9.11. The molecule has 0 amide bonds. The smallest absolute Gasteiger partial charge is 0.497 e. The van der Waals surface area contributed by atoms with Crippen LogP contribution in [0.5, 0.6) is 23.0 Å². The molecule has 0 bridgehead atoms. The van der Waals surface area contributed by atoms with Gasteiger partial charge in [-0.3, -0.25) is 19.2 Å². The molecule has 68 heavy (non-hydrogen) atoms. The number of Topliss-reactive ketones (excluding diaryl/α,β-unsaturated/α-hetero) is 4. The third-order valence-corrected chi connectivity index (χ3v) is 9.69. The van der Waals surface area contributed by atoms with Gasteiger partial charge in [0.2, 0.25) is 0 Å². The van der Waals surface area contributed by atoms with Crippen molar-refractivity contribution in [3.05, 3.63) is 167 Å². The molecule has 0 N–H and O–H groups in total. The maximum atomic E-state index is 11.2. The Morgan fingerprint density at radius 3 is 0.956 bits per heavy atom. The molecule has 0 fully saturated rings. The first kappa shape index (κ1) is 59.1. The van der Waals surface area contributed by atoms with Gasteiger partial charge in [0.15, 0.2) is 29.8 Å². The van der Waals surface area contributed by atoms with Gasteiger partial charge in [-0.2, -0.15) is 0 Å². The van der Waals surface area contributed by atoms with Crippen molar-refractivity contribution in [3.8, 4) is 23.0 Å². The molecule has 366 valence electrons. The van der Waals surface area contributed by atoms with Crippen molar-refractivity contribution in [1.82, 2.24) is 0 Å². The molecule has 0 saturated heterocycles. The largest absolute Gasteiger partial charge is 0.559 e. The molecule has 0 aromatic heterocycles. The molecule has 0 heterocycles. The summed E-state index contributed by atoms with van der Waals surface area (Å²) in [7, 11) is 6.63. The molecule has 6 aromatic carbocycles. The number of carbonyl (C=O) groups is 4. The highest BCUT2D eigenvalue weighted by atomic mass is 19.5. The van der Waals surface area contributed by atoms with Crippen molar-refractivity contribution in [2.45, 2.75) is 66.2 Å². The molecule has 0 unspecified atom stereocenters. The lowest BCUT2D eigenvalue weighted by Crippen LogP contribution is -2.22. The molecule has 0 aliphatic carbocycles. The lowest BCUT2D eigenvalue weighted by molar-refractivity contribution is -0.237. The summed E-state index contributed by atoms with van der Waals surface area (Å²) in [6, 6.07) is 41.6. The molecular weight excluding hydrogens is 898 g/mol. The Morgan fingerprint density at radius 1 is 0.485 bits per heavy atom. The van der Waals surface area contributed by atoms with Gasteiger partial charge in [-0.25, -0.2) is 13.2 Å². The van der Waals surface area contributed by atoms with E-state index in [2.05, 4.69) is 42.8 Å². The molecule has 6 rings (SSSR count). The number of carbonyl (C=O) groups excluding carboxylic acids is 4. The monoisotopic (exact) mass is 954 g/mol. The van der Waals surface area contributed by atoms with Gasteiger partial charge in [0.1, 0.15) is 23.0 Å². The second-order valence-corrected chi connectivity index (χ2v) is 14.7. The summed E-state index contributed by atoms with van der Waals surface area (Å²) in [5.41, 5.74) is 5.29. The van der Waals surface area contributed by atoms with E-state index in [4.69, 9.17) is 14.2 Å². The van der Waals surface area contributed by atoms with Crippen LogP contribution in [0.1, 0.15) is 101 Å². The van der Waals surface area contributed by atoms with E-state index < -0.39 is 19.5 Å². The third kappa shape index (κ3) is 21.6. The van der Waals surface area contributed by atoms with Crippen LogP contribution in [-0.2, 0) is 10.2 Å². The number of hydrogen-bond acceptors (Lipinski definition) is 8. The summed E-state index contributed by atoms with van der Waals surface area (Å²) in [5.74, 6) is 3.25. The molecule has 0 spiro atoms. The summed E-state index contributed by atoms with van der Waals surface area (Å²) in [5, 5.41) is 1.97. The number of methoxy groups -OCH3 is 3. The third-order valence-electron chi connectivity index (χ3n) is 9.69. The van der Waals surface area contributed by atoms with Crippen molar-refractivity contribution >= 4 is 33.9 Å². The van der Waals surface area contributed by atoms with Crippen molar-refractivity contribution in [1.29, 1.82) is 0 Å². The first-order chi connectivity index (χ1) is 32.0. The fourth-order valence-corrected chi connectivity index (χ4v) is 5.83. The SMILES string of the molecule is CC(=O)c1ccc(Oc2ccc(C(C)=O)cc2)cc1.CC(=O)c1ccc2cc(C(C)=O)ccc2c1.CCC(C)(c1ccc(OC)cc1)c1ccc(OC)cc1.COC.FC(F)(F)F.FCC(F)F. The standard InChI is InChI=1S/C18H22O2.C16H14O3.C14H12O2.C2H3F3.C2H6O.CF4/c1-5-18(2,14-6-10-16(19-3)11-7-14)15-8-12-17(20-4)13-9-15;1-11(17)13-3-7-15(8-4-13)19-16-9-5-14(6-10-16)12(2)18;1-9(15)11-3-5-14-8-12(10(2)16)4-6-13(14)7-11;3-1-2(4)5;1-3-2;2-1(3,4)5/h6-13H,5H2,1-4H3;3-10H,1-2H3;3-8H,1-2H3;2H,1H2;1-2H3;. The summed E-state index contributed by atoms with van der Waals surface area (Å²) < 4.78 is 90.2. The molecule has 0 aliphatic rings. The van der Waals surface area contributed by atoms with Crippen LogP contribution in [0.15, 0.2) is 133 Å². The van der Waals surface area contributed by atoms with E-state index in [9.17, 15) is 49.9 Å². The number of benzene rings is 6.